The van der Waals surface area contributed by atoms with Crippen LogP contribution in [0.1, 0.15) is 10.9 Å². The average Bonchev–Trinajstić information content (AvgIpc) is 3.13. The predicted octanol–water partition coefficient (Wildman–Crippen LogP) is 4.26. The molecule has 1 saturated heterocycles. The molecule has 2 amide bonds. The van der Waals surface area contributed by atoms with Gasteiger partial charge in [0, 0.05) is 23.9 Å². The quantitative estimate of drug-likeness (QED) is 0.861. The third kappa shape index (κ3) is 3.70. The number of nitrogens with one attached hydrogen (secondary N) is 1. The molecule has 0 spiro atoms. The number of anilines is 1. The predicted molar refractivity (Wildman–Crippen MR) is 96.8 cm³/mol. The van der Waals surface area contributed by atoms with Crippen molar-refractivity contribution in [1.29, 1.82) is 0 Å². The van der Waals surface area contributed by atoms with Gasteiger partial charge in [0.2, 0.25) is 0 Å². The van der Waals surface area contributed by atoms with Gasteiger partial charge in [-0.1, -0.05) is 0 Å². The minimum absolute atomic E-state index is 0.0651. The fourth-order valence-corrected chi connectivity index (χ4v) is 4.02. The van der Waals surface area contributed by atoms with E-state index in [-0.39, 0.29) is 11.1 Å². The molecule has 0 bridgehead atoms. The molecule has 0 radical (unpaired) electrons. The molecule has 8 heteroatoms. The molecule has 1 N–H and O–H groups in total. The van der Waals surface area contributed by atoms with Crippen LogP contribution >= 0.6 is 11.8 Å². The summed E-state index contributed by atoms with van der Waals surface area (Å²) in [5, 5.41) is 2.20. The lowest BCUT2D eigenvalue weighted by Crippen LogP contribution is -2.34. The molecule has 1 fully saturated rings. The number of amides is 2. The summed E-state index contributed by atoms with van der Waals surface area (Å²) in [4.78, 5) is 14.2. The van der Waals surface area contributed by atoms with Crippen molar-refractivity contribution in [2.45, 2.75) is 5.37 Å². The number of rotatable bonds is 4. The van der Waals surface area contributed by atoms with E-state index in [9.17, 15) is 13.6 Å². The number of carbonyl (C=O) groups is 1. The van der Waals surface area contributed by atoms with Gasteiger partial charge in [-0.3, -0.25) is 0 Å². The number of halogens is 2. The van der Waals surface area contributed by atoms with Crippen LogP contribution in [-0.2, 0) is 0 Å². The molecule has 2 aromatic carbocycles. The SMILES string of the molecule is COc1ccc(OC)c([C@H]2SCCN2C(=O)Nc2ccc(F)cc2F)c1. The van der Waals surface area contributed by atoms with Crippen LogP contribution in [0.5, 0.6) is 11.5 Å². The Morgan fingerprint density at radius 3 is 2.69 bits per heavy atom. The van der Waals surface area contributed by atoms with E-state index in [0.717, 1.165) is 23.4 Å². The van der Waals surface area contributed by atoms with Gasteiger partial charge in [0.1, 0.15) is 28.5 Å². The Hall–Kier alpha value is -2.48. The summed E-state index contributed by atoms with van der Waals surface area (Å²) >= 11 is 1.57. The van der Waals surface area contributed by atoms with Crippen molar-refractivity contribution in [3.63, 3.8) is 0 Å². The molecule has 2 aromatic rings. The molecule has 3 rings (SSSR count). The van der Waals surface area contributed by atoms with Gasteiger partial charge in [-0.15, -0.1) is 11.8 Å². The highest BCUT2D eigenvalue weighted by Gasteiger charge is 2.33. The van der Waals surface area contributed by atoms with Gasteiger partial charge in [-0.25, -0.2) is 13.6 Å². The average molecular weight is 380 g/mol. The summed E-state index contributed by atoms with van der Waals surface area (Å²) in [5.74, 6) is 0.496. The van der Waals surface area contributed by atoms with Crippen LogP contribution in [0.25, 0.3) is 0 Å². The molecular formula is C18H18F2N2O3S. The van der Waals surface area contributed by atoms with Crippen molar-refractivity contribution in [2.24, 2.45) is 0 Å². The Kier molecular flexibility index (Phi) is 5.51. The van der Waals surface area contributed by atoms with Gasteiger partial charge >= 0.3 is 6.03 Å². The molecule has 1 aliphatic heterocycles. The van der Waals surface area contributed by atoms with Crippen LogP contribution in [0.15, 0.2) is 36.4 Å². The molecule has 0 aromatic heterocycles. The molecule has 0 unspecified atom stereocenters. The molecule has 1 heterocycles. The highest BCUT2D eigenvalue weighted by molar-refractivity contribution is 7.99. The maximum atomic E-state index is 13.8. The van der Waals surface area contributed by atoms with Gasteiger partial charge in [0.25, 0.3) is 0 Å². The first kappa shape index (κ1) is 18.3. The zero-order valence-corrected chi connectivity index (χ0v) is 15.1. The largest absolute Gasteiger partial charge is 0.497 e. The van der Waals surface area contributed by atoms with Crippen LogP contribution in [0.2, 0.25) is 0 Å². The van der Waals surface area contributed by atoms with Crippen molar-refractivity contribution >= 4 is 23.5 Å². The molecule has 0 saturated carbocycles. The highest BCUT2D eigenvalue weighted by Crippen LogP contribution is 2.43. The lowest BCUT2D eigenvalue weighted by atomic mass is 10.1. The number of urea groups is 1. The maximum Gasteiger partial charge on any atom is 0.323 e. The summed E-state index contributed by atoms with van der Waals surface area (Å²) in [6, 6.07) is 7.95. The van der Waals surface area contributed by atoms with E-state index in [1.54, 1.807) is 43.0 Å². The number of hydrogen-bond acceptors (Lipinski definition) is 4. The maximum absolute atomic E-state index is 13.8. The number of ether oxygens (including phenoxy) is 2. The van der Waals surface area contributed by atoms with E-state index in [0.29, 0.717) is 18.0 Å². The molecule has 1 atom stereocenters. The van der Waals surface area contributed by atoms with Gasteiger partial charge in [-0.2, -0.15) is 0 Å². The summed E-state index contributed by atoms with van der Waals surface area (Å²) in [6.45, 7) is 0.490. The van der Waals surface area contributed by atoms with E-state index in [2.05, 4.69) is 5.32 Å². The Morgan fingerprint density at radius 1 is 1.19 bits per heavy atom. The summed E-state index contributed by atoms with van der Waals surface area (Å²) in [6.07, 6.45) is 0. The van der Waals surface area contributed by atoms with Gasteiger partial charge < -0.3 is 19.7 Å². The zero-order valence-electron chi connectivity index (χ0n) is 14.3. The minimum Gasteiger partial charge on any atom is -0.497 e. The molecule has 138 valence electrons. The highest BCUT2D eigenvalue weighted by atomic mass is 32.2. The Bertz CT molecular complexity index is 819. The van der Waals surface area contributed by atoms with Crippen molar-refractivity contribution < 1.29 is 23.0 Å². The minimum atomic E-state index is -0.819. The van der Waals surface area contributed by atoms with E-state index < -0.39 is 17.7 Å². The van der Waals surface area contributed by atoms with Crippen molar-refractivity contribution in [3.05, 3.63) is 53.6 Å². The van der Waals surface area contributed by atoms with Crippen LogP contribution in [0.4, 0.5) is 19.3 Å². The summed E-state index contributed by atoms with van der Waals surface area (Å²) in [5.41, 5.74) is 0.730. The summed E-state index contributed by atoms with van der Waals surface area (Å²) in [7, 11) is 3.12. The second kappa shape index (κ2) is 7.82. The van der Waals surface area contributed by atoms with Gasteiger partial charge in [-0.05, 0) is 30.3 Å². The Morgan fingerprint density at radius 2 is 2.00 bits per heavy atom. The topological polar surface area (TPSA) is 50.8 Å². The second-order valence-corrected chi connectivity index (χ2v) is 6.77. The molecule has 0 aliphatic carbocycles. The van der Waals surface area contributed by atoms with E-state index >= 15 is 0 Å². The van der Waals surface area contributed by atoms with Gasteiger partial charge in [0.05, 0.1) is 19.9 Å². The second-order valence-electron chi connectivity index (χ2n) is 5.58. The molecule has 5 nitrogen and oxygen atoms in total. The van der Waals surface area contributed by atoms with E-state index in [4.69, 9.17) is 9.47 Å². The summed E-state index contributed by atoms with van der Waals surface area (Å²) < 4.78 is 37.5. The van der Waals surface area contributed by atoms with Crippen LogP contribution in [-0.4, -0.2) is 37.4 Å². The number of benzene rings is 2. The fourth-order valence-electron chi connectivity index (χ4n) is 2.75. The standard InChI is InChI=1S/C18H18F2N2O3S/c1-24-12-4-6-16(25-2)13(10-12)17-22(7-8-26-17)18(23)21-15-5-3-11(19)9-14(15)20/h3-6,9-10,17H,7-8H2,1-2H3,(H,21,23)/t17-/m1/s1. The van der Waals surface area contributed by atoms with Crippen molar-refractivity contribution in [1.82, 2.24) is 4.90 Å². The van der Waals surface area contributed by atoms with Crippen LogP contribution < -0.4 is 14.8 Å². The third-order valence-electron chi connectivity index (χ3n) is 4.03. The van der Waals surface area contributed by atoms with E-state index in [1.165, 1.54) is 6.07 Å². The first-order valence-electron chi connectivity index (χ1n) is 7.89. The van der Waals surface area contributed by atoms with Crippen LogP contribution in [0.3, 0.4) is 0 Å². The van der Waals surface area contributed by atoms with E-state index in [1.807, 2.05) is 6.07 Å². The first-order valence-corrected chi connectivity index (χ1v) is 8.94. The monoisotopic (exact) mass is 380 g/mol. The number of methoxy groups -OCH3 is 2. The van der Waals surface area contributed by atoms with Crippen LogP contribution in [0, 0.1) is 11.6 Å². The Labute approximate surface area is 154 Å². The number of nitrogens with zero attached hydrogens (tertiary/aromatic N) is 1. The van der Waals surface area contributed by atoms with Crippen molar-refractivity contribution in [2.75, 3.05) is 31.8 Å². The lowest BCUT2D eigenvalue weighted by Gasteiger charge is -2.26. The fraction of sp³-hybridized carbons (Fsp3) is 0.278. The first-order chi connectivity index (χ1) is 12.5. The normalized spacial score (nSPS) is 16.5. The molecular weight excluding hydrogens is 362 g/mol. The third-order valence-corrected chi connectivity index (χ3v) is 5.27. The number of thioether (sulfide) groups is 1. The smallest absolute Gasteiger partial charge is 0.323 e. The molecule has 26 heavy (non-hydrogen) atoms. The lowest BCUT2D eigenvalue weighted by molar-refractivity contribution is 0.213. The van der Waals surface area contributed by atoms with Gasteiger partial charge in [0.15, 0.2) is 0 Å². The number of carbonyl (C=O) groups excluding carboxylic acids is 1. The Balaban J connectivity index is 1.85. The number of hydrogen-bond donors (Lipinski definition) is 1. The van der Waals surface area contributed by atoms with Crippen molar-refractivity contribution in [3.8, 4) is 11.5 Å². The zero-order chi connectivity index (χ0) is 18.7. The molecule has 1 aliphatic rings.